The Morgan fingerprint density at radius 2 is 0.260 bits per heavy atom. The van der Waals surface area contributed by atoms with Crippen molar-refractivity contribution in [1.29, 1.82) is 0 Å². The summed E-state index contributed by atoms with van der Waals surface area (Å²) in [6.07, 6.45) is -70.2. The van der Waals surface area contributed by atoms with Crippen molar-refractivity contribution >= 4 is 0 Å². The zero-order chi connectivity index (χ0) is 56.1. The minimum absolute atomic E-state index is 1.05. The van der Waals surface area contributed by atoms with Crippen LogP contribution in [0.2, 0.25) is 0 Å². The van der Waals surface area contributed by atoms with Crippen molar-refractivity contribution in [3.63, 3.8) is 0 Å². The molecule has 21 rings (SSSR count). The van der Waals surface area contributed by atoms with Crippen molar-refractivity contribution in [2.75, 3.05) is 46.2 Å². The Kier molecular flexibility index (Phi) is 20.8. The zero-order valence-electron chi connectivity index (χ0n) is 40.3. The molecule has 0 radical (unpaired) electrons. The number of aliphatic hydroxyl groups excluding tert-OH is 21. The second-order valence-electron chi connectivity index (χ2n) is 19.7. The molecule has 77 heavy (non-hydrogen) atoms. The van der Waals surface area contributed by atoms with Gasteiger partial charge >= 0.3 is 0 Å². The molecular formula is C42H70O35. The minimum Gasteiger partial charge on any atom is -0.394 e. The Balaban J connectivity index is 1.08. The summed E-state index contributed by atoms with van der Waals surface area (Å²) < 4.78 is 79.5. The second-order valence-corrected chi connectivity index (χ2v) is 19.7. The maximum absolute atomic E-state index is 11.3. The van der Waals surface area contributed by atoms with E-state index in [2.05, 4.69) is 0 Å². The molecule has 0 aliphatic carbocycles. The van der Waals surface area contributed by atoms with Crippen LogP contribution in [0, 0.1) is 0 Å². The van der Waals surface area contributed by atoms with Crippen LogP contribution in [0.4, 0.5) is 0 Å². The van der Waals surface area contributed by atoms with Gasteiger partial charge in [-0.15, -0.1) is 0 Å². The van der Waals surface area contributed by atoms with Crippen LogP contribution < -0.4 is 0 Å². The summed E-state index contributed by atoms with van der Waals surface area (Å²) >= 11 is 0. The van der Waals surface area contributed by atoms with E-state index in [9.17, 15) is 107 Å². The molecule has 21 aliphatic heterocycles. The molecule has 35 nitrogen and oxygen atoms in total. The van der Waals surface area contributed by atoms with E-state index >= 15 is 0 Å². The van der Waals surface area contributed by atoms with E-state index in [0.29, 0.717) is 0 Å². The topological polar surface area (TPSA) is 554 Å². The fourth-order valence-electron chi connectivity index (χ4n) is 10.4. The van der Waals surface area contributed by atoms with Gasteiger partial charge in [-0.3, -0.25) is 0 Å². The Morgan fingerprint density at radius 1 is 0.156 bits per heavy atom. The normalized spacial score (nSPS) is 55.4. The van der Waals surface area contributed by atoms with Crippen LogP contribution in [0.15, 0.2) is 0 Å². The Hall–Kier alpha value is -1.40. The number of hydrogen-bond acceptors (Lipinski definition) is 35. The number of hydrogen-bond donors (Lipinski definition) is 21. The van der Waals surface area contributed by atoms with E-state index < -0.39 is 261 Å². The van der Waals surface area contributed by atoms with Crippen molar-refractivity contribution in [2.45, 2.75) is 215 Å². The third-order valence-corrected chi connectivity index (χ3v) is 14.8. The average Bonchev–Trinajstić information content (AvgIpc) is 3.45. The molecule has 14 bridgehead atoms. The second kappa shape index (κ2) is 26.0. The van der Waals surface area contributed by atoms with Crippen LogP contribution in [0.5, 0.6) is 0 Å². The summed E-state index contributed by atoms with van der Waals surface area (Å²) in [5, 5.41) is 230. The van der Waals surface area contributed by atoms with E-state index in [1.165, 1.54) is 0 Å². The molecule has 0 aromatic carbocycles. The van der Waals surface area contributed by atoms with E-state index in [1.807, 2.05) is 0 Å². The maximum Gasteiger partial charge on any atom is 0.187 e. The predicted molar refractivity (Wildman–Crippen MR) is 228 cm³/mol. The predicted octanol–water partition coefficient (Wildman–Crippen LogP) is -15.2. The molecular weight excluding hydrogens is 1060 g/mol. The highest BCUT2D eigenvalue weighted by Crippen LogP contribution is 2.39. The van der Waals surface area contributed by atoms with E-state index in [4.69, 9.17) is 66.3 Å². The molecule has 0 saturated carbocycles. The molecule has 0 aromatic heterocycles. The Bertz CT molecular complexity index is 1470. The first-order valence-corrected chi connectivity index (χ1v) is 24.6. The van der Waals surface area contributed by atoms with Gasteiger partial charge in [-0.25, -0.2) is 0 Å². The van der Waals surface area contributed by atoms with Gasteiger partial charge in [0.1, 0.15) is 171 Å². The summed E-state index contributed by atoms with van der Waals surface area (Å²) in [5.41, 5.74) is 0. The number of rotatable bonds is 7. The molecule has 21 saturated heterocycles. The zero-order valence-corrected chi connectivity index (χ0v) is 40.3. The van der Waals surface area contributed by atoms with Gasteiger partial charge in [0.25, 0.3) is 0 Å². The lowest BCUT2D eigenvalue weighted by Gasteiger charge is -2.50. The molecule has 35 atom stereocenters. The summed E-state index contributed by atoms with van der Waals surface area (Å²) in [4.78, 5) is 0. The fraction of sp³-hybridized carbons (Fsp3) is 1.00. The molecule has 35 heteroatoms. The highest BCUT2D eigenvalue weighted by Gasteiger charge is 2.59. The highest BCUT2D eigenvalue weighted by molar-refractivity contribution is 5.01. The first-order chi connectivity index (χ1) is 36.7. The van der Waals surface area contributed by atoms with Gasteiger partial charge in [0.2, 0.25) is 0 Å². The molecule has 0 aromatic rings. The standard InChI is InChI=1S/C42H70O35/c43-1-8-29-15(50)22(57)36(64-8)72-30-9(2-44)66-38(24(59)17(30)52)74-32-11(4-46)68-40(26(61)19(32)54)76-34-13(6-48)70-42(28(63)21(34)56)77-35-14(7-49)69-41(27(62)20(35)55)75-33-12(5-47)67-39(25(60)18(33)53)73-31-10(3-45)65-37(71-29)23(58)16(31)51/h8-63H,1-7H2/t8-,9-,10-,11-,12-,13-,14+,15-,16-,17-,18-,19-,20-,21-,22-,23-,24-,25-,26-,27-,28-,29-,30-,31-,32-,33-,34-,35-,36-,37-,38-,39-,40-,41-,42-/m1/s1. The minimum atomic E-state index is -2.21. The van der Waals surface area contributed by atoms with E-state index in [0.717, 1.165) is 0 Å². The third kappa shape index (κ3) is 12.1. The van der Waals surface area contributed by atoms with Crippen molar-refractivity contribution in [3.8, 4) is 0 Å². The van der Waals surface area contributed by atoms with Crippen LogP contribution in [-0.2, 0) is 66.3 Å². The lowest BCUT2D eigenvalue weighted by atomic mass is 9.95. The van der Waals surface area contributed by atoms with Gasteiger partial charge < -0.3 is 174 Å². The molecule has 448 valence electrons. The van der Waals surface area contributed by atoms with Crippen LogP contribution >= 0.6 is 0 Å². The van der Waals surface area contributed by atoms with Crippen molar-refractivity contribution in [2.24, 2.45) is 0 Å². The Labute approximate surface area is 434 Å². The molecule has 0 amide bonds. The first kappa shape index (κ1) is 61.7. The van der Waals surface area contributed by atoms with Crippen LogP contribution in [0.25, 0.3) is 0 Å². The summed E-state index contributed by atoms with van der Waals surface area (Å²) in [7, 11) is 0. The maximum atomic E-state index is 11.3. The highest BCUT2D eigenvalue weighted by atomic mass is 16.8. The molecule has 21 heterocycles. The van der Waals surface area contributed by atoms with E-state index in [-0.39, 0.29) is 0 Å². The quantitative estimate of drug-likeness (QED) is 0.113. The van der Waals surface area contributed by atoms with Gasteiger partial charge in [-0.1, -0.05) is 0 Å². The smallest absolute Gasteiger partial charge is 0.187 e. The Morgan fingerprint density at radius 3 is 0.351 bits per heavy atom. The lowest BCUT2D eigenvalue weighted by molar-refractivity contribution is -0.396. The van der Waals surface area contributed by atoms with Gasteiger partial charge in [-0.05, 0) is 0 Å². The third-order valence-electron chi connectivity index (χ3n) is 14.8. The molecule has 21 N–H and O–H groups in total. The SMILES string of the molecule is OC[C@@H]1O[C@@H]2O[C@H]3[C@H](O)[C@@H](O)[C@@H](O[C@H]4[C@H](O)[C@@H](O)[C@@H](O[C@H]5[C@H](O)[C@@H](O)[C@@H](O[C@H]6[C@H](O)[C@@H](O)[C@@H](O[C@H]7[C@H](O)[C@@H](O)[C@@H](O[C@H]8[C@H](O)[C@@H](O)[C@@H](O[C@H]1[C@H](O)[C@H]2O)O[C@@H]8CO)O[C@@H]7CO)O[C@@H]6CO)O[C@@H]5CO)O[C@@H]4CO)O[C@@H]3CO. The summed E-state index contributed by atoms with van der Waals surface area (Å²) in [6, 6.07) is 0. The number of aliphatic hydroxyl groups is 21. The van der Waals surface area contributed by atoms with Crippen LogP contribution in [0.1, 0.15) is 0 Å². The van der Waals surface area contributed by atoms with Crippen LogP contribution in [0.3, 0.4) is 0 Å². The average molecular weight is 1130 g/mol. The summed E-state index contributed by atoms with van der Waals surface area (Å²) in [6.45, 7) is -7.33. The molecule has 0 spiro atoms. The number of ether oxygens (including phenoxy) is 14. The largest absolute Gasteiger partial charge is 0.394 e. The van der Waals surface area contributed by atoms with Gasteiger partial charge in [-0.2, -0.15) is 0 Å². The summed E-state index contributed by atoms with van der Waals surface area (Å²) in [5.74, 6) is 0. The lowest BCUT2D eigenvalue weighted by Crippen LogP contribution is -2.68. The van der Waals surface area contributed by atoms with Crippen molar-refractivity contribution < 1.29 is 174 Å². The monoisotopic (exact) mass is 1130 g/mol. The van der Waals surface area contributed by atoms with Gasteiger partial charge in [0, 0.05) is 0 Å². The van der Waals surface area contributed by atoms with Crippen LogP contribution in [-0.4, -0.2) is 368 Å². The molecule has 21 aliphatic rings. The van der Waals surface area contributed by atoms with Gasteiger partial charge in [0.15, 0.2) is 44.0 Å². The van der Waals surface area contributed by atoms with Gasteiger partial charge in [0.05, 0.1) is 46.2 Å². The fourth-order valence-corrected chi connectivity index (χ4v) is 10.4. The van der Waals surface area contributed by atoms with Crippen molar-refractivity contribution in [3.05, 3.63) is 0 Å². The first-order valence-electron chi connectivity index (χ1n) is 24.6. The molecule has 21 fully saturated rings. The van der Waals surface area contributed by atoms with Crippen molar-refractivity contribution in [1.82, 2.24) is 0 Å². The molecule has 0 unspecified atom stereocenters. The van der Waals surface area contributed by atoms with E-state index in [1.54, 1.807) is 0 Å².